The zero-order valence-electron chi connectivity index (χ0n) is 54.7. The number of hydrogen-bond acceptors (Lipinski definition) is 7. The number of carbonyl (C=O) groups is 3. The second-order valence-corrected chi connectivity index (χ2v) is 24.8. The maximum absolute atomic E-state index is 12.8. The van der Waals surface area contributed by atoms with Crippen LogP contribution in [0.3, 0.4) is 0 Å². The van der Waals surface area contributed by atoms with Crippen molar-refractivity contribution in [1.29, 1.82) is 0 Å². The minimum atomic E-state index is -1.53. The van der Waals surface area contributed by atoms with Crippen molar-refractivity contribution in [3.05, 3.63) is 60.8 Å². The summed E-state index contributed by atoms with van der Waals surface area (Å²) in [5.74, 6) is -2.07. The molecule has 2 unspecified atom stereocenters. The summed E-state index contributed by atoms with van der Waals surface area (Å²) < 4.78 is 22.8. The van der Waals surface area contributed by atoms with E-state index in [4.69, 9.17) is 18.9 Å². The highest BCUT2D eigenvalue weighted by Gasteiger charge is 2.25. The van der Waals surface area contributed by atoms with Crippen molar-refractivity contribution in [3.63, 3.8) is 0 Å². The lowest BCUT2D eigenvalue weighted by Gasteiger charge is -2.25. The quantitative estimate of drug-likeness (QED) is 0.0211. The Morgan fingerprint density at radius 3 is 1.02 bits per heavy atom. The van der Waals surface area contributed by atoms with E-state index in [-0.39, 0.29) is 32.2 Å². The fourth-order valence-corrected chi connectivity index (χ4v) is 10.2. The molecule has 0 bridgehead atoms. The average Bonchev–Trinajstić information content (AvgIpc) is 3.45. The molecule has 0 aromatic rings. The fraction of sp³-hybridized carbons (Fsp3) is 0.822. The molecule has 0 aliphatic heterocycles. The number of carbonyl (C=O) groups excluding carboxylic acids is 2. The molecule has 82 heavy (non-hydrogen) atoms. The molecule has 2 atom stereocenters. The van der Waals surface area contributed by atoms with Crippen LogP contribution in [-0.2, 0) is 33.3 Å². The van der Waals surface area contributed by atoms with E-state index >= 15 is 0 Å². The van der Waals surface area contributed by atoms with E-state index in [9.17, 15) is 19.5 Å². The third-order valence-corrected chi connectivity index (χ3v) is 15.5. The van der Waals surface area contributed by atoms with Gasteiger partial charge in [-0.1, -0.05) is 325 Å². The summed E-state index contributed by atoms with van der Waals surface area (Å²) in [6.07, 6.45) is 81.0. The standard InChI is InChI=1S/C73H133NO8/c1-6-8-10-12-14-16-18-20-22-24-25-26-27-28-29-30-31-32-33-34-35-36-37-38-39-40-41-42-43-44-45-46-48-49-51-53-55-57-59-61-63-70(75)80-67-69(68-81-73(72(77)78)79-66-65-74(3,4)5)82-71(76)64-62-60-58-56-54-52-50-47-23-21-19-17-15-13-11-9-7-2/h9,11,15,17,21,23,50,52,56,58,69,73H,6-8,10,12-14,16,18-20,22,24-49,51,53-55,57,59-68H2,1-5H3/p+1/b11-9-,17-15-,23-21-,52-50-,58-56-. The summed E-state index contributed by atoms with van der Waals surface area (Å²) in [5, 5.41) is 9.71. The van der Waals surface area contributed by atoms with Crippen molar-refractivity contribution < 1.29 is 42.9 Å². The van der Waals surface area contributed by atoms with E-state index in [0.717, 1.165) is 57.8 Å². The number of ether oxygens (including phenoxy) is 4. The van der Waals surface area contributed by atoms with E-state index in [2.05, 4.69) is 74.6 Å². The molecular formula is C73H134NO8+. The first-order valence-corrected chi connectivity index (χ1v) is 35.0. The molecule has 478 valence electrons. The van der Waals surface area contributed by atoms with Gasteiger partial charge in [0, 0.05) is 12.8 Å². The van der Waals surface area contributed by atoms with Crippen LogP contribution in [0.1, 0.15) is 328 Å². The molecule has 0 aliphatic carbocycles. The average molecular weight is 1150 g/mol. The van der Waals surface area contributed by atoms with Gasteiger partial charge >= 0.3 is 17.9 Å². The molecule has 0 aromatic heterocycles. The molecule has 1 N–H and O–H groups in total. The molecule has 0 radical (unpaired) electrons. The number of allylic oxidation sites excluding steroid dienone is 10. The Kier molecular flexibility index (Phi) is 61.6. The maximum atomic E-state index is 12.8. The second-order valence-electron chi connectivity index (χ2n) is 24.8. The molecule has 0 spiro atoms. The van der Waals surface area contributed by atoms with E-state index in [1.165, 1.54) is 238 Å². The zero-order valence-corrected chi connectivity index (χ0v) is 54.7. The SMILES string of the molecule is CC/C=C\C/C=C\C/C=C\C/C=C\C/C=C\CCCC(=O)OC(COC(=O)CCCCCCCCCCCCCCCCCCCCCCCCCCCCCCCCCCCCCCCCCC)COC(OCC[N+](C)(C)C)C(=O)O. The number of quaternary nitrogens is 1. The summed E-state index contributed by atoms with van der Waals surface area (Å²) in [6.45, 7) is 4.73. The van der Waals surface area contributed by atoms with Gasteiger partial charge < -0.3 is 28.5 Å². The van der Waals surface area contributed by atoms with Crippen LogP contribution in [0.4, 0.5) is 0 Å². The molecule has 0 aromatic carbocycles. The highest BCUT2D eigenvalue weighted by molar-refractivity contribution is 5.71. The molecule has 0 fully saturated rings. The van der Waals surface area contributed by atoms with Gasteiger partial charge in [-0.25, -0.2) is 4.79 Å². The van der Waals surface area contributed by atoms with Crippen LogP contribution in [0.5, 0.6) is 0 Å². The van der Waals surface area contributed by atoms with Crippen LogP contribution in [0.25, 0.3) is 0 Å². The lowest BCUT2D eigenvalue weighted by atomic mass is 10.0. The summed E-state index contributed by atoms with van der Waals surface area (Å²) in [5.41, 5.74) is 0. The molecule has 0 rings (SSSR count). The predicted molar refractivity (Wildman–Crippen MR) is 350 cm³/mol. The molecule has 0 saturated heterocycles. The molecule has 9 nitrogen and oxygen atoms in total. The smallest absolute Gasteiger partial charge is 0.361 e. The molecule has 0 aliphatic rings. The first-order chi connectivity index (χ1) is 40.1. The molecular weight excluding hydrogens is 1020 g/mol. The highest BCUT2D eigenvalue weighted by Crippen LogP contribution is 2.19. The third kappa shape index (κ3) is 64.5. The van der Waals surface area contributed by atoms with Crippen molar-refractivity contribution in [3.8, 4) is 0 Å². The predicted octanol–water partition coefficient (Wildman–Crippen LogP) is 21.5. The lowest BCUT2D eigenvalue weighted by Crippen LogP contribution is -2.40. The largest absolute Gasteiger partial charge is 0.477 e. The first kappa shape index (κ1) is 79.0. The third-order valence-electron chi connectivity index (χ3n) is 15.5. The van der Waals surface area contributed by atoms with Gasteiger partial charge in [-0.3, -0.25) is 9.59 Å². The van der Waals surface area contributed by atoms with Crippen LogP contribution < -0.4 is 0 Å². The Balaban J connectivity index is 3.94. The van der Waals surface area contributed by atoms with Gasteiger partial charge in [0.25, 0.3) is 6.29 Å². The normalized spacial score (nSPS) is 13.0. The van der Waals surface area contributed by atoms with Gasteiger partial charge in [-0.2, -0.15) is 0 Å². The van der Waals surface area contributed by atoms with Gasteiger partial charge in [-0.15, -0.1) is 0 Å². The number of carboxylic acids is 1. The Labute approximate surface area is 507 Å². The zero-order chi connectivity index (χ0) is 59.8. The number of nitrogens with zero attached hydrogens (tertiary/aromatic N) is 1. The van der Waals surface area contributed by atoms with Gasteiger partial charge in [0.05, 0.1) is 34.4 Å². The Bertz CT molecular complexity index is 1530. The number of aliphatic carboxylic acids is 1. The molecule has 9 heteroatoms. The van der Waals surface area contributed by atoms with Crippen molar-refractivity contribution in [2.45, 2.75) is 341 Å². The minimum absolute atomic E-state index is 0.176. The number of rotatable bonds is 65. The van der Waals surface area contributed by atoms with Gasteiger partial charge in [-0.05, 0) is 51.4 Å². The van der Waals surface area contributed by atoms with Crippen LogP contribution in [0.2, 0.25) is 0 Å². The summed E-state index contributed by atoms with van der Waals surface area (Å²) in [4.78, 5) is 37.5. The monoisotopic (exact) mass is 1150 g/mol. The van der Waals surface area contributed by atoms with Crippen molar-refractivity contribution in [2.75, 3.05) is 47.5 Å². The number of hydrogen-bond donors (Lipinski definition) is 1. The summed E-state index contributed by atoms with van der Waals surface area (Å²) in [6, 6.07) is 0. The number of unbranched alkanes of at least 4 members (excludes halogenated alkanes) is 40. The van der Waals surface area contributed by atoms with Crippen molar-refractivity contribution >= 4 is 17.9 Å². The summed E-state index contributed by atoms with van der Waals surface area (Å²) >= 11 is 0. The fourth-order valence-electron chi connectivity index (χ4n) is 10.2. The molecule has 0 heterocycles. The van der Waals surface area contributed by atoms with E-state index < -0.39 is 24.3 Å². The van der Waals surface area contributed by atoms with Crippen LogP contribution in [-0.4, -0.2) is 87.4 Å². The van der Waals surface area contributed by atoms with Crippen LogP contribution in [0, 0.1) is 0 Å². The topological polar surface area (TPSA) is 108 Å². The number of esters is 2. The van der Waals surface area contributed by atoms with Gasteiger partial charge in [0.1, 0.15) is 13.2 Å². The van der Waals surface area contributed by atoms with Gasteiger partial charge in [0.2, 0.25) is 0 Å². The van der Waals surface area contributed by atoms with Crippen molar-refractivity contribution in [2.24, 2.45) is 0 Å². The number of likely N-dealkylation sites (N-methyl/N-ethyl adjacent to an activating group) is 1. The molecule has 0 amide bonds. The Hall–Kier alpha value is -3.01. The second kappa shape index (κ2) is 64.0. The van der Waals surface area contributed by atoms with Crippen LogP contribution >= 0.6 is 0 Å². The Morgan fingerprint density at radius 1 is 0.378 bits per heavy atom. The maximum Gasteiger partial charge on any atom is 0.361 e. The van der Waals surface area contributed by atoms with E-state index in [0.29, 0.717) is 23.9 Å². The summed E-state index contributed by atoms with van der Waals surface area (Å²) in [7, 11) is 5.96. The lowest BCUT2D eigenvalue weighted by molar-refractivity contribution is -0.870. The minimum Gasteiger partial charge on any atom is -0.477 e. The highest BCUT2D eigenvalue weighted by atomic mass is 16.7. The first-order valence-electron chi connectivity index (χ1n) is 35.0. The van der Waals surface area contributed by atoms with Crippen LogP contribution in [0.15, 0.2) is 60.8 Å². The van der Waals surface area contributed by atoms with Gasteiger partial charge in [0.15, 0.2) is 6.10 Å². The number of carboxylic acid groups (broad SMARTS) is 1. The Morgan fingerprint density at radius 2 is 0.695 bits per heavy atom. The molecule has 0 saturated carbocycles. The van der Waals surface area contributed by atoms with E-state index in [1.54, 1.807) is 0 Å². The van der Waals surface area contributed by atoms with Crippen molar-refractivity contribution in [1.82, 2.24) is 0 Å². The van der Waals surface area contributed by atoms with E-state index in [1.807, 2.05) is 21.1 Å².